The molecule has 1 heterocycles. The molecule has 11 heavy (non-hydrogen) atoms. The van der Waals surface area contributed by atoms with Gasteiger partial charge in [-0.3, -0.25) is 4.57 Å². The summed E-state index contributed by atoms with van der Waals surface area (Å²) >= 11 is 0. The first-order valence-corrected chi connectivity index (χ1v) is 5.99. The summed E-state index contributed by atoms with van der Waals surface area (Å²) in [6, 6.07) is 0. The Hall–Kier alpha value is -0.0700. The second kappa shape index (κ2) is 3.55. The summed E-state index contributed by atoms with van der Waals surface area (Å²) in [5.74, 6) is 0.474. The van der Waals surface area contributed by atoms with Crippen LogP contribution in [-0.4, -0.2) is 18.9 Å². The minimum absolute atomic E-state index is 0.474. The lowest BCUT2D eigenvalue weighted by atomic mass is 10.2. The fourth-order valence-electron chi connectivity index (χ4n) is 0.935. The van der Waals surface area contributed by atoms with E-state index < -0.39 is 7.37 Å². The van der Waals surface area contributed by atoms with E-state index in [4.69, 9.17) is 4.52 Å². The monoisotopic (exact) mass is 174 g/mol. The zero-order valence-corrected chi connectivity index (χ0v) is 8.01. The van der Waals surface area contributed by atoms with Gasteiger partial charge in [0.05, 0.1) is 6.61 Å². The Bertz CT molecular complexity index is 184. The first kappa shape index (κ1) is 9.02. The van der Waals surface area contributed by atoms with Crippen molar-refractivity contribution in [1.82, 2.24) is 0 Å². The van der Waals surface area contributed by atoms with E-state index in [0.717, 1.165) is 0 Å². The lowest BCUT2D eigenvalue weighted by molar-refractivity contribution is 0.274. The predicted octanol–water partition coefficient (Wildman–Crippen LogP) is 2.51. The lowest BCUT2D eigenvalue weighted by Gasteiger charge is -2.13. The topological polar surface area (TPSA) is 26.3 Å². The molecule has 0 radical (unpaired) electrons. The van der Waals surface area contributed by atoms with Crippen molar-refractivity contribution >= 4 is 7.37 Å². The van der Waals surface area contributed by atoms with Crippen LogP contribution >= 0.6 is 7.37 Å². The van der Waals surface area contributed by atoms with Crippen molar-refractivity contribution in [3.63, 3.8) is 0 Å². The molecule has 64 valence electrons. The average molecular weight is 174 g/mol. The van der Waals surface area contributed by atoms with Crippen LogP contribution in [0.2, 0.25) is 0 Å². The molecule has 1 aliphatic rings. The molecule has 1 rings (SSSR count). The van der Waals surface area contributed by atoms with Crippen LogP contribution in [-0.2, 0) is 9.09 Å². The first-order valence-electron chi connectivity index (χ1n) is 4.00. The van der Waals surface area contributed by atoms with Crippen LogP contribution in [0.15, 0.2) is 12.2 Å². The van der Waals surface area contributed by atoms with Gasteiger partial charge in [0.2, 0.25) is 7.37 Å². The molecule has 2 nitrogen and oxygen atoms in total. The van der Waals surface area contributed by atoms with E-state index in [9.17, 15) is 4.57 Å². The standard InChI is InChI=1S/C8H15O2P/c1-8(2)7-10-11(9)5-3-4-6-11/h3-4,8H,5-7H2,1-2H3. The van der Waals surface area contributed by atoms with Crippen molar-refractivity contribution in [3.05, 3.63) is 12.2 Å². The average Bonchev–Trinajstić information content (AvgIpc) is 2.33. The Balaban J connectivity index is 2.31. The summed E-state index contributed by atoms with van der Waals surface area (Å²) in [7, 11) is -2.24. The largest absolute Gasteiger partial charge is 0.328 e. The van der Waals surface area contributed by atoms with Gasteiger partial charge in [-0.25, -0.2) is 0 Å². The Morgan fingerprint density at radius 2 is 2.00 bits per heavy atom. The van der Waals surface area contributed by atoms with Crippen LogP contribution < -0.4 is 0 Å². The van der Waals surface area contributed by atoms with Crippen LogP contribution in [0.4, 0.5) is 0 Å². The van der Waals surface area contributed by atoms with Crippen molar-refractivity contribution in [2.75, 3.05) is 18.9 Å². The van der Waals surface area contributed by atoms with Gasteiger partial charge in [-0.1, -0.05) is 26.0 Å². The van der Waals surface area contributed by atoms with E-state index in [1.54, 1.807) is 0 Å². The summed E-state index contributed by atoms with van der Waals surface area (Å²) in [6.07, 6.45) is 5.17. The van der Waals surface area contributed by atoms with Crippen LogP contribution in [0.25, 0.3) is 0 Å². The summed E-state index contributed by atoms with van der Waals surface area (Å²) in [6.45, 7) is 4.75. The van der Waals surface area contributed by atoms with Crippen LogP contribution in [0.5, 0.6) is 0 Å². The fourth-order valence-corrected chi connectivity index (χ4v) is 2.81. The molecular weight excluding hydrogens is 159 g/mol. The lowest BCUT2D eigenvalue weighted by Crippen LogP contribution is -2.01. The van der Waals surface area contributed by atoms with Gasteiger partial charge in [-0.15, -0.1) is 0 Å². The van der Waals surface area contributed by atoms with Gasteiger partial charge in [0.1, 0.15) is 0 Å². The van der Waals surface area contributed by atoms with Crippen molar-refractivity contribution in [2.24, 2.45) is 5.92 Å². The fraction of sp³-hybridized carbons (Fsp3) is 0.750. The Kier molecular flexibility index (Phi) is 2.91. The smallest absolute Gasteiger partial charge is 0.210 e. The zero-order valence-electron chi connectivity index (χ0n) is 7.12. The van der Waals surface area contributed by atoms with Gasteiger partial charge >= 0.3 is 0 Å². The molecule has 0 saturated heterocycles. The van der Waals surface area contributed by atoms with Crippen molar-refractivity contribution in [2.45, 2.75) is 13.8 Å². The van der Waals surface area contributed by atoms with Gasteiger partial charge in [0.25, 0.3) is 0 Å². The molecule has 0 unspecified atom stereocenters. The molecule has 0 amide bonds. The Labute approximate surface area is 68.1 Å². The molecule has 1 aliphatic heterocycles. The number of rotatable bonds is 3. The minimum atomic E-state index is -2.24. The highest BCUT2D eigenvalue weighted by Crippen LogP contribution is 2.50. The normalized spacial score (nSPS) is 21.4. The number of hydrogen-bond donors (Lipinski definition) is 0. The highest BCUT2D eigenvalue weighted by Gasteiger charge is 2.23. The highest BCUT2D eigenvalue weighted by molar-refractivity contribution is 7.59. The SMILES string of the molecule is CC(C)COP1(=O)CC=CC1. The van der Waals surface area contributed by atoms with Gasteiger partial charge in [0, 0.05) is 12.3 Å². The Morgan fingerprint density at radius 3 is 2.45 bits per heavy atom. The van der Waals surface area contributed by atoms with Gasteiger partial charge in [0.15, 0.2) is 0 Å². The van der Waals surface area contributed by atoms with Gasteiger partial charge < -0.3 is 4.52 Å². The van der Waals surface area contributed by atoms with Gasteiger partial charge in [-0.2, -0.15) is 0 Å². The zero-order chi connectivity index (χ0) is 8.32. The maximum absolute atomic E-state index is 11.6. The summed E-state index contributed by atoms with van der Waals surface area (Å²) < 4.78 is 17.0. The second-order valence-corrected chi connectivity index (χ2v) is 5.96. The molecule has 0 spiro atoms. The molecule has 0 N–H and O–H groups in total. The molecule has 3 heteroatoms. The van der Waals surface area contributed by atoms with Crippen molar-refractivity contribution < 1.29 is 9.09 Å². The van der Waals surface area contributed by atoms with Crippen LogP contribution in [0.3, 0.4) is 0 Å². The molecule has 0 aromatic heterocycles. The third kappa shape index (κ3) is 2.80. The molecule has 0 bridgehead atoms. The summed E-state index contributed by atoms with van der Waals surface area (Å²) in [4.78, 5) is 0. The third-order valence-corrected chi connectivity index (χ3v) is 3.73. The van der Waals surface area contributed by atoms with E-state index in [2.05, 4.69) is 13.8 Å². The third-order valence-electron chi connectivity index (χ3n) is 1.58. The second-order valence-electron chi connectivity index (χ2n) is 3.34. The molecule has 0 aromatic carbocycles. The van der Waals surface area contributed by atoms with E-state index in [-0.39, 0.29) is 0 Å². The quantitative estimate of drug-likeness (QED) is 0.485. The maximum Gasteiger partial charge on any atom is 0.210 e. The maximum atomic E-state index is 11.6. The van der Waals surface area contributed by atoms with Crippen LogP contribution in [0, 0.1) is 5.92 Å². The molecule has 0 saturated carbocycles. The van der Waals surface area contributed by atoms with Crippen LogP contribution in [0.1, 0.15) is 13.8 Å². The predicted molar refractivity (Wildman–Crippen MR) is 47.3 cm³/mol. The Morgan fingerprint density at radius 1 is 1.45 bits per heavy atom. The van der Waals surface area contributed by atoms with Gasteiger partial charge in [-0.05, 0) is 5.92 Å². The van der Waals surface area contributed by atoms with E-state index in [1.807, 2.05) is 12.2 Å². The minimum Gasteiger partial charge on any atom is -0.328 e. The van der Waals surface area contributed by atoms with E-state index in [1.165, 1.54) is 0 Å². The molecule has 0 aliphatic carbocycles. The summed E-state index contributed by atoms with van der Waals surface area (Å²) in [5, 5.41) is 0. The van der Waals surface area contributed by atoms with E-state index in [0.29, 0.717) is 24.8 Å². The number of allylic oxidation sites excluding steroid dienone is 2. The van der Waals surface area contributed by atoms with Crippen molar-refractivity contribution in [1.29, 1.82) is 0 Å². The molecular formula is C8H15O2P. The van der Waals surface area contributed by atoms with E-state index >= 15 is 0 Å². The summed E-state index contributed by atoms with van der Waals surface area (Å²) in [5.41, 5.74) is 0. The molecule has 0 aromatic rings. The first-order chi connectivity index (χ1) is 5.12. The molecule has 0 atom stereocenters. The number of hydrogen-bond acceptors (Lipinski definition) is 2. The van der Waals surface area contributed by atoms with Crippen molar-refractivity contribution in [3.8, 4) is 0 Å². The molecule has 0 fully saturated rings. The highest BCUT2D eigenvalue weighted by atomic mass is 31.2.